The number of nitrogens with one attached hydrogen (secondary N) is 1. The summed E-state index contributed by atoms with van der Waals surface area (Å²) < 4.78 is 13.1. The third-order valence-corrected chi connectivity index (χ3v) is 3.61. The number of aromatic nitrogens is 2. The van der Waals surface area contributed by atoms with Crippen LogP contribution in [-0.2, 0) is 6.54 Å². The smallest absolute Gasteiger partial charge is 0.156 e. The van der Waals surface area contributed by atoms with Crippen molar-refractivity contribution in [2.75, 3.05) is 5.32 Å². The first kappa shape index (κ1) is 13.8. The first-order valence-corrected chi connectivity index (χ1v) is 6.93. The van der Waals surface area contributed by atoms with E-state index in [4.69, 9.17) is 11.6 Å². The van der Waals surface area contributed by atoms with Crippen LogP contribution in [0.2, 0.25) is 5.02 Å². The minimum Gasteiger partial charge on any atom is -0.364 e. The van der Waals surface area contributed by atoms with Gasteiger partial charge in [-0.25, -0.2) is 4.39 Å². The number of hydrogen-bond acceptors (Lipinski definition) is 3. The van der Waals surface area contributed by atoms with Gasteiger partial charge in [0, 0.05) is 17.3 Å². The second-order valence-electron chi connectivity index (χ2n) is 4.78. The number of aryl methyl sites for hydroxylation is 1. The van der Waals surface area contributed by atoms with Crippen molar-refractivity contribution in [3.8, 4) is 0 Å². The fourth-order valence-corrected chi connectivity index (χ4v) is 2.41. The van der Waals surface area contributed by atoms with E-state index in [2.05, 4.69) is 15.5 Å². The van der Waals surface area contributed by atoms with Gasteiger partial charge in [0.15, 0.2) is 5.82 Å². The molecule has 0 bridgehead atoms. The minimum absolute atomic E-state index is 0.120. The highest BCUT2D eigenvalue weighted by Gasteiger charge is 2.06. The Labute approximate surface area is 126 Å². The summed E-state index contributed by atoms with van der Waals surface area (Å²) >= 11 is 5.78. The van der Waals surface area contributed by atoms with Crippen molar-refractivity contribution in [1.29, 1.82) is 0 Å². The van der Waals surface area contributed by atoms with Crippen molar-refractivity contribution in [2.45, 2.75) is 13.5 Å². The number of nitrogens with zero attached hydrogens (tertiary/aromatic N) is 2. The van der Waals surface area contributed by atoms with Crippen LogP contribution in [0.1, 0.15) is 11.3 Å². The van der Waals surface area contributed by atoms with Crippen LogP contribution >= 0.6 is 11.6 Å². The van der Waals surface area contributed by atoms with Crippen LogP contribution in [0, 0.1) is 12.7 Å². The van der Waals surface area contributed by atoms with Gasteiger partial charge in [0.1, 0.15) is 5.82 Å². The first-order valence-electron chi connectivity index (χ1n) is 6.55. The summed E-state index contributed by atoms with van der Waals surface area (Å²) in [6, 6.07) is 12.6. The molecule has 2 aromatic carbocycles. The molecule has 21 heavy (non-hydrogen) atoms. The van der Waals surface area contributed by atoms with E-state index in [9.17, 15) is 4.39 Å². The molecule has 0 aliphatic heterocycles. The van der Waals surface area contributed by atoms with Crippen LogP contribution in [0.5, 0.6) is 0 Å². The molecule has 0 atom stereocenters. The van der Waals surface area contributed by atoms with E-state index in [1.54, 1.807) is 12.1 Å². The number of fused-ring (bicyclic) bond motifs is 1. The van der Waals surface area contributed by atoms with Gasteiger partial charge in [0.25, 0.3) is 0 Å². The molecule has 0 aliphatic carbocycles. The molecule has 1 aromatic heterocycles. The van der Waals surface area contributed by atoms with Crippen molar-refractivity contribution < 1.29 is 4.39 Å². The summed E-state index contributed by atoms with van der Waals surface area (Å²) in [5.74, 6) is 0.289. The van der Waals surface area contributed by atoms with Crippen LogP contribution in [0.4, 0.5) is 10.2 Å². The molecule has 3 nitrogen and oxygen atoms in total. The fraction of sp³-hybridized carbons (Fsp3) is 0.125. The molecule has 0 radical (unpaired) electrons. The number of halogens is 2. The highest BCUT2D eigenvalue weighted by Crippen LogP contribution is 2.23. The van der Waals surface area contributed by atoms with E-state index in [1.165, 1.54) is 6.07 Å². The summed E-state index contributed by atoms with van der Waals surface area (Å²) in [5.41, 5.74) is 1.77. The normalized spacial score (nSPS) is 10.8. The Bertz CT molecular complexity index is 805. The summed E-state index contributed by atoms with van der Waals surface area (Å²) in [5, 5.41) is 13.8. The van der Waals surface area contributed by atoms with Crippen LogP contribution in [0.15, 0.2) is 42.5 Å². The van der Waals surface area contributed by atoms with Gasteiger partial charge in [-0.15, -0.1) is 5.10 Å². The third-order valence-electron chi connectivity index (χ3n) is 3.32. The maximum Gasteiger partial charge on any atom is 0.156 e. The van der Waals surface area contributed by atoms with Gasteiger partial charge in [-0.1, -0.05) is 41.9 Å². The molecule has 0 amide bonds. The molecule has 0 fully saturated rings. The van der Waals surface area contributed by atoms with Crippen molar-refractivity contribution in [1.82, 2.24) is 10.2 Å². The maximum atomic E-state index is 13.1. The van der Waals surface area contributed by atoms with Crippen molar-refractivity contribution in [2.24, 2.45) is 0 Å². The molecule has 106 valence electrons. The van der Waals surface area contributed by atoms with E-state index in [0.717, 1.165) is 22.0 Å². The van der Waals surface area contributed by atoms with Gasteiger partial charge in [-0.05, 0) is 24.6 Å². The largest absolute Gasteiger partial charge is 0.364 e. The molecule has 0 unspecified atom stereocenters. The Hall–Kier alpha value is -2.20. The fourth-order valence-electron chi connectivity index (χ4n) is 2.20. The lowest BCUT2D eigenvalue weighted by Gasteiger charge is -2.09. The molecule has 0 aliphatic rings. The van der Waals surface area contributed by atoms with E-state index >= 15 is 0 Å². The number of anilines is 1. The van der Waals surface area contributed by atoms with E-state index in [-0.39, 0.29) is 5.02 Å². The quantitative estimate of drug-likeness (QED) is 0.782. The monoisotopic (exact) mass is 301 g/mol. The van der Waals surface area contributed by atoms with Crippen molar-refractivity contribution in [3.05, 3.63) is 64.6 Å². The molecule has 5 heteroatoms. The van der Waals surface area contributed by atoms with E-state index < -0.39 is 5.82 Å². The SMILES string of the molecule is Cc1nnc(NCc2ccc(F)c(Cl)c2)c2ccccc12. The third kappa shape index (κ3) is 2.81. The lowest BCUT2D eigenvalue weighted by Crippen LogP contribution is -2.04. The summed E-state index contributed by atoms with van der Waals surface area (Å²) in [4.78, 5) is 0. The van der Waals surface area contributed by atoms with Gasteiger partial charge in [-0.3, -0.25) is 0 Å². The minimum atomic E-state index is -0.416. The topological polar surface area (TPSA) is 37.8 Å². The summed E-state index contributed by atoms with van der Waals surface area (Å²) in [7, 11) is 0. The van der Waals surface area contributed by atoms with Crippen LogP contribution in [0.3, 0.4) is 0 Å². The van der Waals surface area contributed by atoms with Gasteiger partial charge in [0.05, 0.1) is 10.7 Å². The Morgan fingerprint density at radius 2 is 1.86 bits per heavy atom. The van der Waals surface area contributed by atoms with E-state index in [1.807, 2.05) is 31.2 Å². The number of benzene rings is 2. The van der Waals surface area contributed by atoms with Crippen LogP contribution in [0.25, 0.3) is 10.8 Å². The molecule has 0 saturated carbocycles. The van der Waals surface area contributed by atoms with Crippen molar-refractivity contribution >= 4 is 28.2 Å². The second kappa shape index (κ2) is 5.66. The summed E-state index contributed by atoms with van der Waals surface area (Å²) in [6.45, 7) is 2.43. The zero-order valence-electron chi connectivity index (χ0n) is 11.4. The van der Waals surface area contributed by atoms with E-state index in [0.29, 0.717) is 12.4 Å². The van der Waals surface area contributed by atoms with Crippen LogP contribution in [-0.4, -0.2) is 10.2 Å². The van der Waals surface area contributed by atoms with Crippen LogP contribution < -0.4 is 5.32 Å². The molecule has 1 heterocycles. The second-order valence-corrected chi connectivity index (χ2v) is 5.19. The Balaban J connectivity index is 1.88. The average molecular weight is 302 g/mol. The Morgan fingerprint density at radius 3 is 2.62 bits per heavy atom. The lowest BCUT2D eigenvalue weighted by molar-refractivity contribution is 0.627. The predicted octanol–water partition coefficient (Wildman–Crippen LogP) is 4.34. The molecular weight excluding hydrogens is 289 g/mol. The first-order chi connectivity index (χ1) is 10.1. The highest BCUT2D eigenvalue weighted by atomic mass is 35.5. The standard InChI is InChI=1S/C16H13ClFN3/c1-10-12-4-2-3-5-13(12)16(21-20-10)19-9-11-6-7-15(18)14(17)8-11/h2-8H,9H2,1H3,(H,19,21). The Morgan fingerprint density at radius 1 is 1.10 bits per heavy atom. The van der Waals surface area contributed by atoms with Crippen molar-refractivity contribution in [3.63, 3.8) is 0 Å². The zero-order chi connectivity index (χ0) is 14.8. The molecule has 3 aromatic rings. The molecule has 3 rings (SSSR count). The molecule has 0 saturated heterocycles. The van der Waals surface area contributed by atoms with Gasteiger partial charge in [-0.2, -0.15) is 5.10 Å². The lowest BCUT2D eigenvalue weighted by atomic mass is 10.1. The summed E-state index contributed by atoms with van der Waals surface area (Å²) in [6.07, 6.45) is 0. The maximum absolute atomic E-state index is 13.1. The number of hydrogen-bond donors (Lipinski definition) is 1. The zero-order valence-corrected chi connectivity index (χ0v) is 12.2. The highest BCUT2D eigenvalue weighted by molar-refractivity contribution is 6.30. The predicted molar refractivity (Wildman–Crippen MR) is 83.0 cm³/mol. The molecule has 1 N–H and O–H groups in total. The molecule has 0 spiro atoms. The average Bonchev–Trinajstić information content (AvgIpc) is 2.50. The number of rotatable bonds is 3. The molecular formula is C16H13ClFN3. The van der Waals surface area contributed by atoms with Gasteiger partial charge in [0.2, 0.25) is 0 Å². The van der Waals surface area contributed by atoms with Gasteiger partial charge >= 0.3 is 0 Å². The van der Waals surface area contributed by atoms with Gasteiger partial charge < -0.3 is 5.32 Å². The Kier molecular flexibility index (Phi) is 3.71.